The average Bonchev–Trinajstić information content (AvgIpc) is 2.37. The van der Waals surface area contributed by atoms with Gasteiger partial charge in [0.25, 0.3) is 10.0 Å². The lowest BCUT2D eigenvalue weighted by Gasteiger charge is -2.14. The van der Waals surface area contributed by atoms with Crippen LogP contribution in [0.25, 0.3) is 0 Å². The van der Waals surface area contributed by atoms with Crippen LogP contribution in [0.4, 0.5) is 11.4 Å². The maximum Gasteiger partial charge on any atom is 0.262 e. The summed E-state index contributed by atoms with van der Waals surface area (Å²) < 4.78 is 28.3. The summed E-state index contributed by atoms with van der Waals surface area (Å²) in [6.45, 7) is 3.56. The second kappa shape index (κ2) is 5.87. The molecule has 7 heteroatoms. The van der Waals surface area contributed by atoms with Crippen molar-refractivity contribution in [2.75, 3.05) is 10.5 Å². The van der Waals surface area contributed by atoms with Crippen molar-refractivity contribution in [3.05, 3.63) is 51.0 Å². The Kier molecular flexibility index (Phi) is 4.51. The van der Waals surface area contributed by atoms with E-state index in [0.29, 0.717) is 22.0 Å². The number of nitrogen functional groups attached to an aromatic ring is 1. The van der Waals surface area contributed by atoms with Gasteiger partial charge in [0.05, 0.1) is 15.6 Å². The van der Waals surface area contributed by atoms with E-state index in [9.17, 15) is 8.42 Å². The molecular formula is C14H14BrClN2O2S. The molecule has 0 heterocycles. The first-order chi connectivity index (χ1) is 9.70. The summed E-state index contributed by atoms with van der Waals surface area (Å²) in [5.41, 5.74) is 7.94. The van der Waals surface area contributed by atoms with Crippen LogP contribution in [0.1, 0.15) is 11.1 Å². The maximum atomic E-state index is 12.5. The van der Waals surface area contributed by atoms with E-state index < -0.39 is 10.0 Å². The smallest absolute Gasteiger partial charge is 0.262 e. The summed E-state index contributed by atoms with van der Waals surface area (Å²) in [6, 6.07) is 8.11. The van der Waals surface area contributed by atoms with Crippen LogP contribution >= 0.6 is 27.5 Å². The van der Waals surface area contributed by atoms with Gasteiger partial charge < -0.3 is 5.73 Å². The molecule has 0 radical (unpaired) electrons. The minimum atomic E-state index is -3.75. The van der Waals surface area contributed by atoms with Crippen molar-refractivity contribution in [3.8, 4) is 0 Å². The van der Waals surface area contributed by atoms with Gasteiger partial charge in [-0.3, -0.25) is 4.72 Å². The van der Waals surface area contributed by atoms with Gasteiger partial charge in [0.1, 0.15) is 0 Å². The Morgan fingerprint density at radius 1 is 1.19 bits per heavy atom. The molecule has 21 heavy (non-hydrogen) atoms. The Morgan fingerprint density at radius 2 is 1.86 bits per heavy atom. The van der Waals surface area contributed by atoms with Crippen LogP contribution in [-0.2, 0) is 10.0 Å². The van der Waals surface area contributed by atoms with Crippen molar-refractivity contribution >= 4 is 48.9 Å². The Morgan fingerprint density at radius 3 is 2.48 bits per heavy atom. The van der Waals surface area contributed by atoms with Crippen LogP contribution in [0.3, 0.4) is 0 Å². The number of rotatable bonds is 3. The summed E-state index contributed by atoms with van der Waals surface area (Å²) in [5, 5.41) is 0.311. The molecule has 3 N–H and O–H groups in total. The number of nitrogens with two attached hydrogens (primary N) is 1. The topological polar surface area (TPSA) is 72.2 Å². The van der Waals surface area contributed by atoms with Gasteiger partial charge in [-0.05, 0) is 55.3 Å². The zero-order chi connectivity index (χ0) is 15.8. The molecule has 2 aromatic rings. The van der Waals surface area contributed by atoms with Crippen molar-refractivity contribution in [2.45, 2.75) is 18.7 Å². The maximum absolute atomic E-state index is 12.5. The molecule has 0 unspecified atom stereocenters. The Bertz CT molecular complexity index is 807. The number of hydrogen-bond donors (Lipinski definition) is 2. The molecule has 0 aliphatic rings. The van der Waals surface area contributed by atoms with Gasteiger partial charge in [0.2, 0.25) is 0 Å². The van der Waals surface area contributed by atoms with E-state index in [2.05, 4.69) is 20.7 Å². The van der Waals surface area contributed by atoms with Crippen LogP contribution < -0.4 is 10.5 Å². The third-order valence-electron chi connectivity index (χ3n) is 3.11. The molecule has 0 atom stereocenters. The molecule has 0 aliphatic heterocycles. The number of halogens is 2. The fourth-order valence-electron chi connectivity index (χ4n) is 1.90. The third kappa shape index (κ3) is 3.51. The standard InChI is InChI=1S/C14H14BrClN2O2S/c1-8-5-11(17)7-14(9(8)2)21(19,20)18-13-4-3-10(15)6-12(13)16/h3-7,18H,17H2,1-2H3. The second-order valence-electron chi connectivity index (χ2n) is 4.69. The van der Waals surface area contributed by atoms with Crippen molar-refractivity contribution < 1.29 is 8.42 Å². The lowest BCUT2D eigenvalue weighted by Crippen LogP contribution is -2.15. The molecule has 2 aromatic carbocycles. The number of hydrogen-bond acceptors (Lipinski definition) is 3. The predicted octanol–water partition coefficient (Wildman–Crippen LogP) is 4.10. The Balaban J connectivity index is 2.48. The van der Waals surface area contributed by atoms with Crippen LogP contribution in [0.15, 0.2) is 39.7 Å². The van der Waals surface area contributed by atoms with Gasteiger partial charge in [-0.2, -0.15) is 0 Å². The van der Waals surface area contributed by atoms with Crippen LogP contribution in [0.2, 0.25) is 5.02 Å². The molecule has 0 saturated heterocycles. The van der Waals surface area contributed by atoms with E-state index >= 15 is 0 Å². The minimum absolute atomic E-state index is 0.152. The van der Waals surface area contributed by atoms with Gasteiger partial charge in [-0.1, -0.05) is 27.5 Å². The fraction of sp³-hybridized carbons (Fsp3) is 0.143. The highest BCUT2D eigenvalue weighted by atomic mass is 79.9. The normalized spacial score (nSPS) is 11.4. The highest BCUT2D eigenvalue weighted by Crippen LogP contribution is 2.29. The van der Waals surface area contributed by atoms with E-state index in [1.165, 1.54) is 6.07 Å². The van der Waals surface area contributed by atoms with Gasteiger partial charge in [-0.25, -0.2) is 8.42 Å². The van der Waals surface area contributed by atoms with Crippen molar-refractivity contribution in [3.63, 3.8) is 0 Å². The summed E-state index contributed by atoms with van der Waals surface area (Å²) in [7, 11) is -3.75. The van der Waals surface area contributed by atoms with Crippen molar-refractivity contribution in [1.82, 2.24) is 0 Å². The number of anilines is 2. The Labute approximate surface area is 137 Å². The van der Waals surface area contributed by atoms with Crippen molar-refractivity contribution in [2.24, 2.45) is 0 Å². The van der Waals surface area contributed by atoms with Gasteiger partial charge >= 0.3 is 0 Å². The van der Waals surface area contributed by atoms with E-state index in [1.807, 2.05) is 6.92 Å². The largest absolute Gasteiger partial charge is 0.399 e. The van der Waals surface area contributed by atoms with E-state index in [-0.39, 0.29) is 4.90 Å². The molecule has 0 bridgehead atoms. The number of sulfonamides is 1. The highest BCUT2D eigenvalue weighted by molar-refractivity contribution is 9.10. The number of benzene rings is 2. The van der Waals surface area contributed by atoms with E-state index in [4.69, 9.17) is 17.3 Å². The third-order valence-corrected chi connectivity index (χ3v) is 5.40. The molecule has 0 spiro atoms. The molecule has 0 aliphatic carbocycles. The molecule has 2 rings (SSSR count). The van der Waals surface area contributed by atoms with Crippen LogP contribution in [0, 0.1) is 13.8 Å². The first-order valence-corrected chi connectivity index (χ1v) is 8.71. The number of nitrogens with one attached hydrogen (secondary N) is 1. The fourth-order valence-corrected chi connectivity index (χ4v) is 4.11. The first kappa shape index (κ1) is 16.1. The summed E-state index contributed by atoms with van der Waals surface area (Å²) >= 11 is 9.32. The molecule has 0 aromatic heterocycles. The van der Waals surface area contributed by atoms with Gasteiger partial charge in [0.15, 0.2) is 0 Å². The monoisotopic (exact) mass is 388 g/mol. The lowest BCUT2D eigenvalue weighted by atomic mass is 10.1. The van der Waals surface area contributed by atoms with Crippen LogP contribution in [-0.4, -0.2) is 8.42 Å². The Hall–Kier alpha value is -1.24. The van der Waals surface area contributed by atoms with E-state index in [0.717, 1.165) is 10.0 Å². The zero-order valence-electron chi connectivity index (χ0n) is 11.4. The molecular weight excluding hydrogens is 376 g/mol. The molecule has 0 amide bonds. The highest BCUT2D eigenvalue weighted by Gasteiger charge is 2.20. The van der Waals surface area contributed by atoms with Crippen LogP contribution in [0.5, 0.6) is 0 Å². The molecule has 112 valence electrons. The molecule has 4 nitrogen and oxygen atoms in total. The average molecular weight is 390 g/mol. The zero-order valence-corrected chi connectivity index (χ0v) is 14.6. The predicted molar refractivity (Wildman–Crippen MR) is 90.3 cm³/mol. The van der Waals surface area contributed by atoms with Gasteiger partial charge in [0, 0.05) is 10.2 Å². The molecule has 0 saturated carbocycles. The van der Waals surface area contributed by atoms with Gasteiger partial charge in [-0.15, -0.1) is 0 Å². The summed E-state index contributed by atoms with van der Waals surface area (Å²) in [5.74, 6) is 0. The SMILES string of the molecule is Cc1cc(N)cc(S(=O)(=O)Nc2ccc(Br)cc2Cl)c1C. The summed E-state index contributed by atoms with van der Waals surface area (Å²) in [4.78, 5) is 0.152. The summed E-state index contributed by atoms with van der Waals surface area (Å²) in [6.07, 6.45) is 0. The first-order valence-electron chi connectivity index (χ1n) is 6.05. The quantitative estimate of drug-likeness (QED) is 0.776. The molecule has 0 fully saturated rings. The lowest BCUT2D eigenvalue weighted by molar-refractivity contribution is 0.600. The number of aryl methyl sites for hydroxylation is 1. The van der Waals surface area contributed by atoms with E-state index in [1.54, 1.807) is 31.2 Å². The second-order valence-corrected chi connectivity index (χ2v) is 7.66. The van der Waals surface area contributed by atoms with Crippen molar-refractivity contribution in [1.29, 1.82) is 0 Å². The minimum Gasteiger partial charge on any atom is -0.399 e.